The summed E-state index contributed by atoms with van der Waals surface area (Å²) in [7, 11) is 0. The Hall–Kier alpha value is -6.06. The summed E-state index contributed by atoms with van der Waals surface area (Å²) in [5, 5.41) is 2.27. The molecule has 0 amide bonds. The van der Waals surface area contributed by atoms with Crippen LogP contribution < -0.4 is 9.80 Å². The van der Waals surface area contributed by atoms with E-state index in [9.17, 15) is 0 Å². The van der Waals surface area contributed by atoms with Crippen LogP contribution in [0.2, 0.25) is 0 Å². The SMILES string of the molecule is c1ccc(N(c2ccccc2)c2ccc(C3(c4ccc(N(c5ccccc5)c5ccc6oc7ccccc7c6c5)cc4)CCCCC3)cc2)cc1. The molecule has 1 saturated carbocycles. The van der Waals surface area contributed by atoms with Gasteiger partial charge < -0.3 is 14.2 Å². The second-order valence-corrected chi connectivity index (χ2v) is 13.7. The summed E-state index contributed by atoms with van der Waals surface area (Å²) in [6.07, 6.45) is 6.07. The number of fused-ring (bicyclic) bond motifs is 3. The minimum atomic E-state index is -0.0220. The number of nitrogens with zero attached hydrogens (tertiary/aromatic N) is 2. The molecular weight excluding hydrogens is 621 g/mol. The Morgan fingerprint density at radius 3 is 1.29 bits per heavy atom. The van der Waals surface area contributed by atoms with Crippen molar-refractivity contribution in [3.63, 3.8) is 0 Å². The Bertz CT molecular complexity index is 2340. The van der Waals surface area contributed by atoms with Crippen LogP contribution in [0.3, 0.4) is 0 Å². The lowest BCUT2D eigenvalue weighted by Gasteiger charge is -2.39. The molecule has 1 aromatic heterocycles. The quantitative estimate of drug-likeness (QED) is 0.162. The number of rotatable bonds is 8. The highest BCUT2D eigenvalue weighted by molar-refractivity contribution is 6.06. The zero-order valence-electron chi connectivity index (χ0n) is 28.7. The van der Waals surface area contributed by atoms with Gasteiger partial charge >= 0.3 is 0 Å². The Balaban J connectivity index is 1.09. The maximum absolute atomic E-state index is 6.18. The van der Waals surface area contributed by atoms with E-state index < -0.39 is 0 Å². The van der Waals surface area contributed by atoms with Crippen molar-refractivity contribution in [1.29, 1.82) is 0 Å². The van der Waals surface area contributed by atoms with Gasteiger partial charge in [0.25, 0.3) is 0 Å². The second-order valence-electron chi connectivity index (χ2n) is 13.7. The van der Waals surface area contributed by atoms with Crippen LogP contribution >= 0.6 is 0 Å². The summed E-state index contributed by atoms with van der Waals surface area (Å²) in [4.78, 5) is 4.70. The number of anilines is 6. The van der Waals surface area contributed by atoms with E-state index in [1.165, 1.54) is 36.1 Å². The fourth-order valence-electron chi connectivity index (χ4n) is 8.24. The van der Waals surface area contributed by atoms with Gasteiger partial charge in [0, 0.05) is 50.3 Å². The van der Waals surface area contributed by atoms with Crippen molar-refractivity contribution in [3.8, 4) is 0 Å². The van der Waals surface area contributed by atoms with E-state index in [4.69, 9.17) is 4.42 Å². The highest BCUT2D eigenvalue weighted by atomic mass is 16.3. The predicted octanol–water partition coefficient (Wildman–Crippen LogP) is 13.8. The Morgan fingerprint density at radius 2 is 0.765 bits per heavy atom. The maximum atomic E-state index is 6.18. The van der Waals surface area contributed by atoms with Gasteiger partial charge in [0.15, 0.2) is 0 Å². The minimum absolute atomic E-state index is 0.0220. The fourth-order valence-corrected chi connectivity index (χ4v) is 8.24. The summed E-state index contributed by atoms with van der Waals surface area (Å²) >= 11 is 0. The monoisotopic (exact) mass is 660 g/mol. The van der Waals surface area contributed by atoms with Gasteiger partial charge in [-0.1, -0.05) is 116 Å². The lowest BCUT2D eigenvalue weighted by molar-refractivity contribution is 0.346. The molecule has 0 radical (unpaired) electrons. The molecule has 0 spiro atoms. The Morgan fingerprint density at radius 1 is 0.353 bits per heavy atom. The molecule has 0 bridgehead atoms. The molecule has 9 rings (SSSR count). The first-order valence-corrected chi connectivity index (χ1v) is 18.1. The van der Waals surface area contributed by atoms with Gasteiger partial charge in [-0.15, -0.1) is 0 Å². The van der Waals surface area contributed by atoms with Crippen molar-refractivity contribution in [2.24, 2.45) is 0 Å². The van der Waals surface area contributed by atoms with Crippen LogP contribution in [0.15, 0.2) is 186 Å². The largest absolute Gasteiger partial charge is 0.456 e. The molecular formula is C48H40N2O. The summed E-state index contributed by atoms with van der Waals surface area (Å²) in [5.74, 6) is 0. The van der Waals surface area contributed by atoms with E-state index in [0.29, 0.717) is 0 Å². The third kappa shape index (κ3) is 5.75. The molecule has 1 aliphatic rings. The van der Waals surface area contributed by atoms with Gasteiger partial charge in [-0.3, -0.25) is 0 Å². The van der Waals surface area contributed by atoms with Crippen LogP contribution in [0, 0.1) is 0 Å². The fraction of sp³-hybridized carbons (Fsp3) is 0.125. The van der Waals surface area contributed by atoms with Crippen molar-refractivity contribution in [3.05, 3.63) is 193 Å². The summed E-state index contributed by atoms with van der Waals surface area (Å²) in [6, 6.07) is 65.6. The standard InChI is InChI=1S/C48H40N2O/c1-5-15-38(16-6-1)49(39-17-7-2-8-18-39)41-27-23-36(24-28-41)48(33-13-4-14-34-48)37-25-29-42(30-26-37)50(40-19-9-3-10-20-40)43-31-32-47-45(35-43)44-21-11-12-22-46(44)51-47/h1-3,5-12,15-32,35H,4,13-14,33-34H2. The van der Waals surface area contributed by atoms with Crippen molar-refractivity contribution in [1.82, 2.24) is 0 Å². The summed E-state index contributed by atoms with van der Waals surface area (Å²) in [6.45, 7) is 0. The molecule has 3 heteroatoms. The molecule has 0 N–H and O–H groups in total. The maximum Gasteiger partial charge on any atom is 0.135 e. The zero-order chi connectivity index (χ0) is 34.0. The predicted molar refractivity (Wildman–Crippen MR) is 213 cm³/mol. The lowest BCUT2D eigenvalue weighted by Crippen LogP contribution is -2.30. The molecule has 8 aromatic rings. The van der Waals surface area contributed by atoms with E-state index in [1.807, 2.05) is 12.1 Å². The van der Waals surface area contributed by atoms with Crippen molar-refractivity contribution >= 4 is 56.1 Å². The Kier molecular flexibility index (Phi) is 8.10. The van der Waals surface area contributed by atoms with Gasteiger partial charge in [-0.25, -0.2) is 0 Å². The van der Waals surface area contributed by atoms with E-state index in [2.05, 4.69) is 180 Å². The smallest absolute Gasteiger partial charge is 0.135 e. The molecule has 1 heterocycles. The highest BCUT2D eigenvalue weighted by Crippen LogP contribution is 2.47. The highest BCUT2D eigenvalue weighted by Gasteiger charge is 2.36. The van der Waals surface area contributed by atoms with Gasteiger partial charge in [-0.2, -0.15) is 0 Å². The molecule has 7 aromatic carbocycles. The number of hydrogen-bond donors (Lipinski definition) is 0. The zero-order valence-corrected chi connectivity index (χ0v) is 28.7. The molecule has 0 aliphatic heterocycles. The van der Waals surface area contributed by atoms with Gasteiger partial charge in [0.1, 0.15) is 11.2 Å². The second kappa shape index (κ2) is 13.3. The van der Waals surface area contributed by atoms with Gasteiger partial charge in [0.2, 0.25) is 0 Å². The van der Waals surface area contributed by atoms with E-state index in [1.54, 1.807) is 0 Å². The van der Waals surface area contributed by atoms with E-state index in [-0.39, 0.29) is 5.41 Å². The molecule has 248 valence electrons. The van der Waals surface area contributed by atoms with Crippen LogP contribution in [0.4, 0.5) is 34.1 Å². The minimum Gasteiger partial charge on any atom is -0.456 e. The van der Waals surface area contributed by atoms with Crippen LogP contribution in [0.1, 0.15) is 43.2 Å². The first-order valence-electron chi connectivity index (χ1n) is 18.1. The lowest BCUT2D eigenvalue weighted by atomic mass is 9.65. The van der Waals surface area contributed by atoms with Gasteiger partial charge in [-0.05, 0) is 109 Å². The van der Waals surface area contributed by atoms with Crippen LogP contribution in [-0.4, -0.2) is 0 Å². The molecule has 1 aliphatic carbocycles. The number of para-hydroxylation sites is 4. The molecule has 0 saturated heterocycles. The summed E-state index contributed by atoms with van der Waals surface area (Å²) in [5.41, 5.74) is 11.4. The van der Waals surface area contributed by atoms with E-state index >= 15 is 0 Å². The van der Waals surface area contributed by atoms with Crippen LogP contribution in [0.5, 0.6) is 0 Å². The normalized spacial score (nSPS) is 14.0. The topological polar surface area (TPSA) is 19.6 Å². The van der Waals surface area contributed by atoms with Gasteiger partial charge in [0.05, 0.1) is 0 Å². The Labute approximate surface area is 300 Å². The summed E-state index contributed by atoms with van der Waals surface area (Å²) < 4.78 is 6.18. The average Bonchev–Trinajstić information content (AvgIpc) is 3.58. The average molecular weight is 661 g/mol. The van der Waals surface area contributed by atoms with Crippen molar-refractivity contribution in [2.75, 3.05) is 9.80 Å². The molecule has 51 heavy (non-hydrogen) atoms. The number of furan rings is 1. The van der Waals surface area contributed by atoms with Crippen LogP contribution in [0.25, 0.3) is 21.9 Å². The first-order chi connectivity index (χ1) is 25.3. The van der Waals surface area contributed by atoms with Crippen LogP contribution in [-0.2, 0) is 5.41 Å². The third-order valence-electron chi connectivity index (χ3n) is 10.7. The molecule has 0 atom stereocenters. The van der Waals surface area contributed by atoms with Crippen molar-refractivity contribution in [2.45, 2.75) is 37.5 Å². The molecule has 0 unspecified atom stereocenters. The third-order valence-corrected chi connectivity index (χ3v) is 10.7. The van der Waals surface area contributed by atoms with E-state index in [0.717, 1.165) is 63.2 Å². The number of hydrogen-bond acceptors (Lipinski definition) is 3. The number of benzene rings is 7. The molecule has 3 nitrogen and oxygen atoms in total. The molecule has 1 fully saturated rings. The van der Waals surface area contributed by atoms with Crippen molar-refractivity contribution < 1.29 is 4.42 Å². The first kappa shape index (κ1) is 31.0.